The molecule has 0 amide bonds. The van der Waals surface area contributed by atoms with Crippen molar-refractivity contribution in [1.29, 1.82) is 0 Å². The molecule has 8 heteroatoms. The Morgan fingerprint density at radius 1 is 1.29 bits per heavy atom. The van der Waals surface area contributed by atoms with Crippen LogP contribution in [0.3, 0.4) is 0 Å². The van der Waals surface area contributed by atoms with Crippen molar-refractivity contribution < 1.29 is 17.9 Å². The van der Waals surface area contributed by atoms with Gasteiger partial charge in [-0.2, -0.15) is 0 Å². The molecule has 3 rings (SSSR count). The van der Waals surface area contributed by atoms with Gasteiger partial charge in [-0.25, -0.2) is 13.1 Å². The van der Waals surface area contributed by atoms with Crippen molar-refractivity contribution in [3.8, 4) is 11.5 Å². The third-order valence-corrected chi connectivity index (χ3v) is 7.06. The number of hydrogen-bond donors (Lipinski definition) is 2. The van der Waals surface area contributed by atoms with E-state index in [0.29, 0.717) is 24.7 Å². The van der Waals surface area contributed by atoms with Crippen molar-refractivity contribution in [2.45, 2.75) is 43.0 Å². The first kappa shape index (κ1) is 17.8. The highest BCUT2D eigenvalue weighted by molar-refractivity contribution is 7.89. The lowest BCUT2D eigenvalue weighted by Crippen LogP contribution is -2.58. The van der Waals surface area contributed by atoms with E-state index in [2.05, 4.69) is 4.72 Å². The van der Waals surface area contributed by atoms with Crippen LogP contribution in [0.4, 0.5) is 0 Å². The first-order valence-corrected chi connectivity index (χ1v) is 10.1. The number of ether oxygens (including phenoxy) is 2. The Kier molecular flexibility index (Phi) is 4.97. The number of benzene rings is 1. The molecule has 24 heavy (non-hydrogen) atoms. The molecule has 0 bridgehead atoms. The SMILES string of the molecule is CC1CCCCC1(CN)NS(=O)(=O)c1cc2c(cc1Cl)OCCO2. The van der Waals surface area contributed by atoms with Crippen LogP contribution in [0, 0.1) is 5.92 Å². The first-order chi connectivity index (χ1) is 11.4. The standard InChI is InChI=1S/C16H23ClN2O4S/c1-11-4-2-3-5-16(11,10-18)19-24(20,21)15-9-14-13(8-12(15)17)22-6-7-23-14/h8-9,11,19H,2-7,10,18H2,1H3. The van der Waals surface area contributed by atoms with Gasteiger partial charge in [0.1, 0.15) is 18.1 Å². The number of rotatable bonds is 4. The van der Waals surface area contributed by atoms with Crippen LogP contribution in [-0.2, 0) is 10.0 Å². The minimum Gasteiger partial charge on any atom is -0.486 e. The summed E-state index contributed by atoms with van der Waals surface area (Å²) in [4.78, 5) is -0.000912. The normalized spacial score (nSPS) is 27.0. The van der Waals surface area contributed by atoms with Gasteiger partial charge in [0.25, 0.3) is 0 Å². The third-order valence-electron chi connectivity index (χ3n) is 5.04. The number of hydrogen-bond acceptors (Lipinski definition) is 5. The maximum Gasteiger partial charge on any atom is 0.242 e. The summed E-state index contributed by atoms with van der Waals surface area (Å²) in [7, 11) is -3.83. The van der Waals surface area contributed by atoms with E-state index in [-0.39, 0.29) is 22.4 Å². The number of halogens is 1. The molecule has 0 spiro atoms. The van der Waals surface area contributed by atoms with E-state index in [4.69, 9.17) is 26.8 Å². The highest BCUT2D eigenvalue weighted by Crippen LogP contribution is 2.39. The van der Waals surface area contributed by atoms with Crippen molar-refractivity contribution in [2.24, 2.45) is 11.7 Å². The molecule has 6 nitrogen and oxygen atoms in total. The van der Waals surface area contributed by atoms with Crippen molar-refractivity contribution in [3.05, 3.63) is 17.2 Å². The molecule has 3 N–H and O–H groups in total. The second kappa shape index (κ2) is 6.71. The largest absolute Gasteiger partial charge is 0.486 e. The molecule has 1 heterocycles. The summed E-state index contributed by atoms with van der Waals surface area (Å²) in [6, 6.07) is 2.92. The molecule has 0 radical (unpaired) electrons. The summed E-state index contributed by atoms with van der Waals surface area (Å²) in [5.74, 6) is 1.02. The zero-order chi connectivity index (χ0) is 17.4. The van der Waals surface area contributed by atoms with Gasteiger partial charge in [0.05, 0.1) is 5.02 Å². The molecular weight excluding hydrogens is 352 g/mol. The van der Waals surface area contributed by atoms with E-state index in [1.807, 2.05) is 6.92 Å². The molecule has 1 aliphatic carbocycles. The second-order valence-electron chi connectivity index (χ2n) is 6.54. The van der Waals surface area contributed by atoms with Gasteiger partial charge in [0.15, 0.2) is 11.5 Å². The molecule has 1 aromatic carbocycles. The lowest BCUT2D eigenvalue weighted by Gasteiger charge is -2.42. The molecule has 2 atom stereocenters. The Bertz CT molecular complexity index is 725. The summed E-state index contributed by atoms with van der Waals surface area (Å²) in [5, 5.41) is 0.113. The van der Waals surface area contributed by atoms with Gasteiger partial charge in [-0.1, -0.05) is 31.4 Å². The van der Waals surface area contributed by atoms with E-state index in [0.717, 1.165) is 25.7 Å². The van der Waals surface area contributed by atoms with Crippen LogP contribution in [0.1, 0.15) is 32.6 Å². The summed E-state index contributed by atoms with van der Waals surface area (Å²) >= 11 is 6.20. The Hall–Kier alpha value is -1.02. The van der Waals surface area contributed by atoms with Crippen molar-refractivity contribution in [3.63, 3.8) is 0 Å². The zero-order valence-electron chi connectivity index (χ0n) is 13.7. The van der Waals surface area contributed by atoms with Crippen LogP contribution < -0.4 is 19.9 Å². The zero-order valence-corrected chi connectivity index (χ0v) is 15.3. The molecule has 2 aliphatic rings. The van der Waals surface area contributed by atoms with Crippen molar-refractivity contribution >= 4 is 21.6 Å². The van der Waals surface area contributed by atoms with E-state index < -0.39 is 15.6 Å². The third kappa shape index (κ3) is 3.22. The maximum absolute atomic E-state index is 13.0. The highest BCUT2D eigenvalue weighted by atomic mass is 35.5. The molecular formula is C16H23ClN2O4S. The van der Waals surface area contributed by atoms with Gasteiger partial charge in [0, 0.05) is 24.2 Å². The Morgan fingerprint density at radius 2 is 1.96 bits per heavy atom. The summed E-state index contributed by atoms with van der Waals surface area (Å²) < 4.78 is 39.7. The Balaban J connectivity index is 1.95. The monoisotopic (exact) mass is 374 g/mol. The quantitative estimate of drug-likeness (QED) is 0.843. The number of nitrogens with two attached hydrogens (primary N) is 1. The first-order valence-electron chi connectivity index (χ1n) is 8.21. The van der Waals surface area contributed by atoms with Gasteiger partial charge >= 0.3 is 0 Å². The van der Waals surface area contributed by atoms with Crippen LogP contribution in [0.5, 0.6) is 11.5 Å². The predicted octanol–water partition coefficient (Wildman–Crippen LogP) is 2.30. The fraction of sp³-hybridized carbons (Fsp3) is 0.625. The molecule has 1 aromatic rings. The minimum atomic E-state index is -3.83. The molecule has 1 saturated carbocycles. The summed E-state index contributed by atoms with van der Waals surface area (Å²) in [5.41, 5.74) is 5.33. The highest BCUT2D eigenvalue weighted by Gasteiger charge is 2.41. The molecule has 1 fully saturated rings. The summed E-state index contributed by atoms with van der Waals surface area (Å²) in [6.45, 7) is 3.10. The van der Waals surface area contributed by atoms with Gasteiger partial charge < -0.3 is 15.2 Å². The van der Waals surface area contributed by atoms with Crippen LogP contribution in [0.15, 0.2) is 17.0 Å². The number of fused-ring (bicyclic) bond motifs is 1. The fourth-order valence-electron chi connectivity index (χ4n) is 3.48. The van der Waals surface area contributed by atoms with Gasteiger partial charge in [0.2, 0.25) is 10.0 Å². The van der Waals surface area contributed by atoms with E-state index in [1.54, 1.807) is 0 Å². The van der Waals surface area contributed by atoms with Crippen LogP contribution in [0.25, 0.3) is 0 Å². The molecule has 2 unspecified atom stereocenters. The van der Waals surface area contributed by atoms with Gasteiger partial charge in [-0.05, 0) is 18.8 Å². The lowest BCUT2D eigenvalue weighted by atomic mass is 9.74. The lowest BCUT2D eigenvalue weighted by molar-refractivity contribution is 0.171. The van der Waals surface area contributed by atoms with E-state index in [9.17, 15) is 8.42 Å². The topological polar surface area (TPSA) is 90.7 Å². The van der Waals surface area contributed by atoms with Gasteiger partial charge in [-0.15, -0.1) is 0 Å². The second-order valence-corrected chi connectivity index (χ2v) is 8.60. The fourth-order valence-corrected chi connectivity index (χ4v) is 5.55. The number of sulfonamides is 1. The Morgan fingerprint density at radius 3 is 2.58 bits per heavy atom. The van der Waals surface area contributed by atoms with E-state index in [1.165, 1.54) is 12.1 Å². The molecule has 0 aromatic heterocycles. The minimum absolute atomic E-state index is 0.000912. The van der Waals surface area contributed by atoms with Crippen molar-refractivity contribution in [1.82, 2.24) is 4.72 Å². The molecule has 134 valence electrons. The molecule has 1 aliphatic heterocycles. The predicted molar refractivity (Wildman–Crippen MR) is 92.2 cm³/mol. The Labute approximate surface area is 147 Å². The van der Waals surface area contributed by atoms with Crippen LogP contribution in [-0.4, -0.2) is 33.7 Å². The molecule has 0 saturated heterocycles. The van der Waals surface area contributed by atoms with Crippen LogP contribution >= 0.6 is 11.6 Å². The maximum atomic E-state index is 13.0. The summed E-state index contributed by atoms with van der Waals surface area (Å²) in [6.07, 6.45) is 3.73. The van der Waals surface area contributed by atoms with Crippen molar-refractivity contribution in [2.75, 3.05) is 19.8 Å². The van der Waals surface area contributed by atoms with E-state index >= 15 is 0 Å². The van der Waals surface area contributed by atoms with Gasteiger partial charge in [-0.3, -0.25) is 0 Å². The average molecular weight is 375 g/mol. The average Bonchev–Trinajstić information content (AvgIpc) is 2.56. The van der Waals surface area contributed by atoms with Crippen LogP contribution in [0.2, 0.25) is 5.02 Å². The number of nitrogens with one attached hydrogen (secondary N) is 1. The smallest absolute Gasteiger partial charge is 0.242 e.